The highest BCUT2D eigenvalue weighted by molar-refractivity contribution is 5.48. The quantitative estimate of drug-likeness (QED) is 0.814. The van der Waals surface area contributed by atoms with Crippen LogP contribution in [0.5, 0.6) is 5.75 Å². The number of hydrogen-bond acceptors (Lipinski definition) is 5. The lowest BCUT2D eigenvalue weighted by Gasteiger charge is -2.09. The molecule has 0 aliphatic rings. The molecule has 0 bridgehead atoms. The van der Waals surface area contributed by atoms with Crippen LogP contribution in [0.25, 0.3) is 5.69 Å². The number of methoxy groups -OCH3 is 1. The fraction of sp³-hybridized carbons (Fsp3) is 0.300. The van der Waals surface area contributed by atoms with Gasteiger partial charge in [0, 0.05) is 0 Å². The van der Waals surface area contributed by atoms with Crippen LogP contribution in [0.15, 0.2) is 18.2 Å². The molecule has 2 rings (SSSR count). The van der Waals surface area contributed by atoms with Crippen molar-refractivity contribution in [3.05, 3.63) is 29.6 Å². The molecule has 16 heavy (non-hydrogen) atoms. The minimum absolute atomic E-state index is 0.218. The maximum absolute atomic E-state index is 9.10. The van der Waals surface area contributed by atoms with Crippen LogP contribution in [0, 0.1) is 6.92 Å². The second-order valence-electron chi connectivity index (χ2n) is 3.34. The standard InChI is InChI=1S/C10H12N4O2/c1-7-3-4-9(16-2)8(5-7)14-10(6-15)11-12-13-14/h3-5,15H,6H2,1-2H3. The van der Waals surface area contributed by atoms with Crippen molar-refractivity contribution < 1.29 is 9.84 Å². The molecule has 0 aliphatic heterocycles. The number of ether oxygens (including phenoxy) is 1. The first kappa shape index (κ1) is 10.6. The van der Waals surface area contributed by atoms with Crippen molar-refractivity contribution in [1.29, 1.82) is 0 Å². The zero-order valence-electron chi connectivity index (χ0n) is 9.08. The predicted molar refractivity (Wildman–Crippen MR) is 56.4 cm³/mol. The molecule has 0 atom stereocenters. The van der Waals surface area contributed by atoms with Crippen molar-refractivity contribution in [3.63, 3.8) is 0 Å². The highest BCUT2D eigenvalue weighted by Gasteiger charge is 2.11. The maximum Gasteiger partial charge on any atom is 0.182 e. The van der Waals surface area contributed by atoms with Crippen molar-refractivity contribution in [2.24, 2.45) is 0 Å². The van der Waals surface area contributed by atoms with Crippen LogP contribution in [-0.2, 0) is 6.61 Å². The second-order valence-corrected chi connectivity index (χ2v) is 3.34. The van der Waals surface area contributed by atoms with E-state index in [0.717, 1.165) is 11.3 Å². The molecule has 0 saturated carbocycles. The van der Waals surface area contributed by atoms with Crippen LogP contribution in [0.4, 0.5) is 0 Å². The topological polar surface area (TPSA) is 73.1 Å². The Balaban J connectivity index is 2.58. The number of tetrazole rings is 1. The van der Waals surface area contributed by atoms with Gasteiger partial charge in [0.15, 0.2) is 5.82 Å². The Morgan fingerprint density at radius 2 is 2.25 bits per heavy atom. The van der Waals surface area contributed by atoms with Crippen LogP contribution in [-0.4, -0.2) is 32.4 Å². The van der Waals surface area contributed by atoms with Gasteiger partial charge in [-0.3, -0.25) is 0 Å². The van der Waals surface area contributed by atoms with Crippen LogP contribution in [0.2, 0.25) is 0 Å². The largest absolute Gasteiger partial charge is 0.494 e. The van der Waals surface area contributed by atoms with Gasteiger partial charge in [0.25, 0.3) is 0 Å². The lowest BCUT2D eigenvalue weighted by molar-refractivity contribution is 0.267. The average Bonchev–Trinajstić information content (AvgIpc) is 2.76. The zero-order chi connectivity index (χ0) is 11.5. The number of benzene rings is 1. The van der Waals surface area contributed by atoms with Gasteiger partial charge in [-0.05, 0) is 35.0 Å². The summed E-state index contributed by atoms with van der Waals surface area (Å²) in [6.45, 7) is 1.75. The van der Waals surface area contributed by atoms with E-state index in [4.69, 9.17) is 9.84 Å². The van der Waals surface area contributed by atoms with E-state index in [1.165, 1.54) is 4.68 Å². The first-order chi connectivity index (χ1) is 7.76. The second kappa shape index (κ2) is 4.28. The molecule has 6 heteroatoms. The smallest absolute Gasteiger partial charge is 0.182 e. The molecule has 0 unspecified atom stereocenters. The molecule has 84 valence electrons. The van der Waals surface area contributed by atoms with Crippen LogP contribution in [0.1, 0.15) is 11.4 Å². The first-order valence-corrected chi connectivity index (χ1v) is 4.79. The van der Waals surface area contributed by atoms with Gasteiger partial charge < -0.3 is 9.84 Å². The molecule has 2 aromatic rings. The van der Waals surface area contributed by atoms with Crippen molar-refractivity contribution in [2.75, 3.05) is 7.11 Å². The van der Waals surface area contributed by atoms with Crippen molar-refractivity contribution in [3.8, 4) is 11.4 Å². The summed E-state index contributed by atoms with van der Waals surface area (Å²) in [5.41, 5.74) is 1.78. The summed E-state index contributed by atoms with van der Waals surface area (Å²) in [5.74, 6) is 1.04. The summed E-state index contributed by atoms with van der Waals surface area (Å²) in [6.07, 6.45) is 0. The summed E-state index contributed by atoms with van der Waals surface area (Å²) < 4.78 is 6.69. The predicted octanol–water partition coefficient (Wildman–Crippen LogP) is 0.472. The fourth-order valence-corrected chi connectivity index (χ4v) is 1.46. The van der Waals surface area contributed by atoms with E-state index in [0.29, 0.717) is 11.6 Å². The highest BCUT2D eigenvalue weighted by atomic mass is 16.5. The fourth-order valence-electron chi connectivity index (χ4n) is 1.46. The molecule has 1 aromatic carbocycles. The van der Waals surface area contributed by atoms with E-state index in [2.05, 4.69) is 15.5 Å². The van der Waals surface area contributed by atoms with Gasteiger partial charge >= 0.3 is 0 Å². The molecule has 0 fully saturated rings. The molecular weight excluding hydrogens is 208 g/mol. The van der Waals surface area contributed by atoms with Crippen LogP contribution < -0.4 is 4.74 Å². The van der Waals surface area contributed by atoms with Crippen molar-refractivity contribution >= 4 is 0 Å². The Bertz CT molecular complexity index is 495. The Kier molecular flexibility index (Phi) is 2.82. The molecule has 0 aliphatic carbocycles. The van der Waals surface area contributed by atoms with Gasteiger partial charge in [-0.15, -0.1) is 5.10 Å². The van der Waals surface area contributed by atoms with Gasteiger partial charge in [0.2, 0.25) is 0 Å². The molecule has 0 saturated heterocycles. The molecule has 6 nitrogen and oxygen atoms in total. The number of aliphatic hydroxyl groups is 1. The molecule has 0 spiro atoms. The Morgan fingerprint density at radius 1 is 1.44 bits per heavy atom. The third-order valence-corrected chi connectivity index (χ3v) is 2.24. The zero-order valence-corrected chi connectivity index (χ0v) is 9.08. The third-order valence-electron chi connectivity index (χ3n) is 2.24. The van der Waals surface area contributed by atoms with Crippen molar-refractivity contribution in [1.82, 2.24) is 20.2 Å². The monoisotopic (exact) mass is 220 g/mol. The number of hydrogen-bond donors (Lipinski definition) is 1. The van der Waals surface area contributed by atoms with E-state index < -0.39 is 0 Å². The van der Waals surface area contributed by atoms with Gasteiger partial charge in [0.1, 0.15) is 18.0 Å². The van der Waals surface area contributed by atoms with E-state index in [1.807, 2.05) is 25.1 Å². The molecular formula is C10H12N4O2. The van der Waals surface area contributed by atoms with E-state index >= 15 is 0 Å². The third kappa shape index (κ3) is 1.74. The summed E-state index contributed by atoms with van der Waals surface area (Å²) in [4.78, 5) is 0. The summed E-state index contributed by atoms with van der Waals surface area (Å²) >= 11 is 0. The summed E-state index contributed by atoms with van der Waals surface area (Å²) in [6, 6.07) is 5.67. The summed E-state index contributed by atoms with van der Waals surface area (Å²) in [7, 11) is 1.58. The van der Waals surface area contributed by atoms with E-state index in [-0.39, 0.29) is 6.61 Å². The van der Waals surface area contributed by atoms with Crippen LogP contribution >= 0.6 is 0 Å². The first-order valence-electron chi connectivity index (χ1n) is 4.79. The Hall–Kier alpha value is -1.95. The minimum atomic E-state index is -0.218. The normalized spacial score (nSPS) is 10.4. The molecule has 0 radical (unpaired) electrons. The number of aliphatic hydroxyl groups excluding tert-OH is 1. The highest BCUT2D eigenvalue weighted by Crippen LogP contribution is 2.23. The lowest BCUT2D eigenvalue weighted by atomic mass is 10.2. The van der Waals surface area contributed by atoms with Gasteiger partial charge in [-0.1, -0.05) is 6.07 Å². The SMILES string of the molecule is COc1ccc(C)cc1-n1nnnc1CO. The molecule has 1 heterocycles. The van der Waals surface area contributed by atoms with Gasteiger partial charge in [-0.25, -0.2) is 0 Å². The van der Waals surface area contributed by atoms with Crippen LogP contribution in [0.3, 0.4) is 0 Å². The maximum atomic E-state index is 9.10. The lowest BCUT2D eigenvalue weighted by Crippen LogP contribution is -2.05. The van der Waals surface area contributed by atoms with Gasteiger partial charge in [0.05, 0.1) is 7.11 Å². The number of rotatable bonds is 3. The number of nitrogens with zero attached hydrogens (tertiary/aromatic N) is 4. The Labute approximate surface area is 92.5 Å². The van der Waals surface area contributed by atoms with E-state index in [9.17, 15) is 0 Å². The number of aromatic nitrogens is 4. The minimum Gasteiger partial charge on any atom is -0.494 e. The molecule has 1 aromatic heterocycles. The van der Waals surface area contributed by atoms with Gasteiger partial charge in [-0.2, -0.15) is 4.68 Å². The van der Waals surface area contributed by atoms with E-state index in [1.54, 1.807) is 7.11 Å². The molecule has 0 amide bonds. The summed E-state index contributed by atoms with van der Waals surface area (Å²) in [5, 5.41) is 20.2. The Morgan fingerprint density at radius 3 is 2.94 bits per heavy atom. The average molecular weight is 220 g/mol. The molecule has 1 N–H and O–H groups in total. The number of aryl methyl sites for hydroxylation is 1. The van der Waals surface area contributed by atoms with Crippen molar-refractivity contribution in [2.45, 2.75) is 13.5 Å².